The third-order valence-corrected chi connectivity index (χ3v) is 2.63. The first-order valence-electron chi connectivity index (χ1n) is 6.02. The molecule has 102 valence electrons. The van der Waals surface area contributed by atoms with Gasteiger partial charge in [0, 0.05) is 20.6 Å². The first-order valence-corrected chi connectivity index (χ1v) is 6.02. The van der Waals surface area contributed by atoms with E-state index in [0.29, 0.717) is 24.0 Å². The van der Waals surface area contributed by atoms with Crippen molar-refractivity contribution in [2.24, 2.45) is 0 Å². The van der Waals surface area contributed by atoms with Gasteiger partial charge >= 0.3 is 0 Å². The monoisotopic (exact) mass is 263 g/mol. The Hall–Kier alpha value is -2.38. The van der Waals surface area contributed by atoms with Crippen molar-refractivity contribution in [3.8, 4) is 0 Å². The maximum absolute atomic E-state index is 11.6. The van der Waals surface area contributed by atoms with Crippen LogP contribution in [0.4, 0.5) is 11.8 Å². The number of carbonyl (C=O) groups is 1. The van der Waals surface area contributed by atoms with Crippen LogP contribution in [-0.2, 0) is 4.79 Å². The second-order valence-corrected chi connectivity index (χ2v) is 4.06. The molecule has 0 unspecified atom stereocenters. The fourth-order valence-corrected chi connectivity index (χ4v) is 1.77. The summed E-state index contributed by atoms with van der Waals surface area (Å²) in [4.78, 5) is 22.0. The average Bonchev–Trinajstić information content (AvgIpc) is 2.85. The van der Waals surface area contributed by atoms with Crippen LogP contribution in [0, 0.1) is 0 Å². The molecule has 2 aromatic heterocycles. The molecule has 0 fully saturated rings. The Morgan fingerprint density at radius 2 is 2.26 bits per heavy atom. The van der Waals surface area contributed by atoms with Gasteiger partial charge in [0.15, 0.2) is 5.65 Å². The molecule has 0 atom stereocenters. The molecule has 8 heteroatoms. The van der Waals surface area contributed by atoms with Crippen molar-refractivity contribution in [3.05, 3.63) is 6.20 Å². The summed E-state index contributed by atoms with van der Waals surface area (Å²) in [5.74, 6) is 1.09. The number of carbonyl (C=O) groups excluding carboxylic acids is 1. The number of fused-ring (bicyclic) bond motifs is 1. The normalized spacial score (nSPS) is 10.5. The van der Waals surface area contributed by atoms with Gasteiger partial charge < -0.3 is 15.5 Å². The van der Waals surface area contributed by atoms with Crippen LogP contribution in [0.1, 0.15) is 6.92 Å². The van der Waals surface area contributed by atoms with Crippen molar-refractivity contribution >= 4 is 28.7 Å². The van der Waals surface area contributed by atoms with E-state index in [1.54, 1.807) is 18.1 Å². The van der Waals surface area contributed by atoms with Crippen molar-refractivity contribution in [2.45, 2.75) is 6.92 Å². The zero-order chi connectivity index (χ0) is 13.8. The number of hydrogen-bond donors (Lipinski definition) is 3. The Balaban J connectivity index is 2.32. The van der Waals surface area contributed by atoms with Crippen LogP contribution in [0.3, 0.4) is 0 Å². The Kier molecular flexibility index (Phi) is 3.79. The van der Waals surface area contributed by atoms with Crippen LogP contribution in [0.5, 0.6) is 0 Å². The molecule has 8 nitrogen and oxygen atoms in total. The van der Waals surface area contributed by atoms with E-state index in [4.69, 9.17) is 0 Å². The second-order valence-electron chi connectivity index (χ2n) is 4.06. The van der Waals surface area contributed by atoms with Gasteiger partial charge in [-0.1, -0.05) is 0 Å². The van der Waals surface area contributed by atoms with E-state index < -0.39 is 0 Å². The van der Waals surface area contributed by atoms with E-state index in [1.807, 2.05) is 14.0 Å². The molecule has 0 bridgehead atoms. The summed E-state index contributed by atoms with van der Waals surface area (Å²) in [7, 11) is 3.55. The predicted octanol–water partition coefficient (Wildman–Crippen LogP) is -0.0331. The van der Waals surface area contributed by atoms with Gasteiger partial charge in [0.2, 0.25) is 11.9 Å². The van der Waals surface area contributed by atoms with Crippen LogP contribution in [0.2, 0.25) is 0 Å². The van der Waals surface area contributed by atoms with Crippen LogP contribution in [0.15, 0.2) is 6.20 Å². The minimum atomic E-state index is -0.0498. The smallest absolute Gasteiger partial charge is 0.239 e. The Morgan fingerprint density at radius 1 is 1.47 bits per heavy atom. The molecule has 0 aromatic carbocycles. The SMILES string of the molecule is CCNC(=O)CN(C)c1nc(NC)nc2[nH]ncc12. The van der Waals surface area contributed by atoms with Crippen LogP contribution >= 0.6 is 0 Å². The predicted molar refractivity (Wildman–Crippen MR) is 73.2 cm³/mol. The molecule has 0 aliphatic carbocycles. The number of H-pyrrole nitrogens is 1. The standard InChI is InChI=1S/C11H17N7O/c1-4-13-8(19)6-18(3)10-7-5-14-17-9(7)15-11(12-2)16-10/h5H,4,6H2,1-3H3,(H,13,19)(H2,12,14,15,16,17). The number of nitrogens with one attached hydrogen (secondary N) is 3. The molecule has 2 heterocycles. The van der Waals surface area contributed by atoms with E-state index in [9.17, 15) is 4.79 Å². The highest BCUT2D eigenvalue weighted by atomic mass is 16.2. The summed E-state index contributed by atoms with van der Waals surface area (Å²) in [6.07, 6.45) is 1.65. The lowest BCUT2D eigenvalue weighted by molar-refractivity contribution is -0.119. The molecule has 3 N–H and O–H groups in total. The number of aromatic amines is 1. The quantitative estimate of drug-likeness (QED) is 0.700. The van der Waals surface area contributed by atoms with Gasteiger partial charge in [0.1, 0.15) is 5.82 Å². The lowest BCUT2D eigenvalue weighted by Crippen LogP contribution is -2.35. The second kappa shape index (κ2) is 5.51. The molecule has 19 heavy (non-hydrogen) atoms. The topological polar surface area (TPSA) is 98.8 Å². The van der Waals surface area contributed by atoms with Gasteiger partial charge in [0.25, 0.3) is 0 Å². The van der Waals surface area contributed by atoms with E-state index in [1.165, 1.54) is 0 Å². The van der Waals surface area contributed by atoms with Crippen LogP contribution < -0.4 is 15.5 Å². The molecule has 0 aliphatic heterocycles. The minimum absolute atomic E-state index is 0.0498. The Labute approximate surface area is 110 Å². The first kappa shape index (κ1) is 13.1. The highest BCUT2D eigenvalue weighted by Gasteiger charge is 2.14. The number of aromatic nitrogens is 4. The van der Waals surface area contributed by atoms with Crippen molar-refractivity contribution in [1.82, 2.24) is 25.5 Å². The first-order chi connectivity index (χ1) is 9.15. The van der Waals surface area contributed by atoms with Crippen molar-refractivity contribution in [2.75, 3.05) is 37.4 Å². The molecule has 0 saturated carbocycles. The van der Waals surface area contributed by atoms with Gasteiger partial charge in [-0.15, -0.1) is 0 Å². The van der Waals surface area contributed by atoms with Gasteiger partial charge in [-0.05, 0) is 6.92 Å². The molecule has 0 saturated heterocycles. The van der Waals surface area contributed by atoms with E-state index in [0.717, 1.165) is 5.39 Å². The van der Waals surface area contributed by atoms with Gasteiger partial charge in [-0.25, -0.2) is 0 Å². The molecule has 2 rings (SSSR count). The number of amides is 1. The van der Waals surface area contributed by atoms with Crippen molar-refractivity contribution < 1.29 is 4.79 Å². The minimum Gasteiger partial charge on any atom is -0.357 e. The molecule has 0 aliphatic rings. The van der Waals surface area contributed by atoms with Crippen molar-refractivity contribution in [1.29, 1.82) is 0 Å². The summed E-state index contributed by atoms with van der Waals surface area (Å²) >= 11 is 0. The van der Waals surface area contributed by atoms with E-state index in [-0.39, 0.29) is 12.5 Å². The number of hydrogen-bond acceptors (Lipinski definition) is 6. The lowest BCUT2D eigenvalue weighted by atomic mass is 10.3. The summed E-state index contributed by atoms with van der Waals surface area (Å²) in [5.41, 5.74) is 0.636. The molecule has 2 aromatic rings. The highest BCUT2D eigenvalue weighted by molar-refractivity contribution is 5.90. The molecule has 0 radical (unpaired) electrons. The summed E-state index contributed by atoms with van der Waals surface area (Å²) < 4.78 is 0. The molecular formula is C11H17N7O. The fourth-order valence-electron chi connectivity index (χ4n) is 1.77. The molecular weight excluding hydrogens is 246 g/mol. The Bertz CT molecular complexity index is 579. The van der Waals surface area contributed by atoms with Gasteiger partial charge in [-0.3, -0.25) is 9.89 Å². The summed E-state index contributed by atoms with van der Waals surface area (Å²) in [6, 6.07) is 0. The zero-order valence-corrected chi connectivity index (χ0v) is 11.2. The van der Waals surface area contributed by atoms with Crippen molar-refractivity contribution in [3.63, 3.8) is 0 Å². The van der Waals surface area contributed by atoms with Gasteiger partial charge in [0.05, 0.1) is 18.1 Å². The lowest BCUT2D eigenvalue weighted by Gasteiger charge is -2.18. The fraction of sp³-hybridized carbons (Fsp3) is 0.455. The van der Waals surface area contributed by atoms with Crippen LogP contribution in [-0.4, -0.2) is 53.3 Å². The largest absolute Gasteiger partial charge is 0.357 e. The molecule has 0 spiro atoms. The van der Waals surface area contributed by atoms with E-state index in [2.05, 4.69) is 30.8 Å². The summed E-state index contributed by atoms with van der Waals surface area (Å²) in [6.45, 7) is 2.73. The summed E-state index contributed by atoms with van der Waals surface area (Å²) in [5, 5.41) is 13.2. The maximum Gasteiger partial charge on any atom is 0.239 e. The van der Waals surface area contributed by atoms with Gasteiger partial charge in [-0.2, -0.15) is 15.1 Å². The highest BCUT2D eigenvalue weighted by Crippen LogP contribution is 2.22. The molecule has 1 amide bonds. The number of nitrogens with zero attached hydrogens (tertiary/aromatic N) is 4. The average molecular weight is 263 g/mol. The van der Waals surface area contributed by atoms with E-state index >= 15 is 0 Å². The third kappa shape index (κ3) is 2.72. The maximum atomic E-state index is 11.6. The number of anilines is 2. The zero-order valence-electron chi connectivity index (χ0n) is 11.2. The van der Waals surface area contributed by atoms with Crippen LogP contribution in [0.25, 0.3) is 11.0 Å². The Morgan fingerprint density at radius 3 is 2.95 bits per heavy atom. The number of likely N-dealkylation sites (N-methyl/N-ethyl adjacent to an activating group) is 2. The number of rotatable bonds is 5. The third-order valence-electron chi connectivity index (χ3n) is 2.63.